The van der Waals surface area contributed by atoms with Crippen molar-refractivity contribution in [3.8, 4) is 0 Å². The molecule has 0 saturated carbocycles. The number of phosphoric ester groups is 4. The largest absolute Gasteiger partial charge is 0.474 e. The van der Waals surface area contributed by atoms with Crippen LogP contribution in [-0.2, 0) is 156 Å². The fourth-order valence-corrected chi connectivity index (χ4v) is 18.7. The molecule has 0 aliphatic carbocycles. The number of aliphatic hydroxyl groups excluding tert-OH is 2. The van der Waals surface area contributed by atoms with Gasteiger partial charge in [-0.05, 0) is 72.1 Å². The van der Waals surface area contributed by atoms with Gasteiger partial charge in [0.05, 0.1) is 107 Å². The highest BCUT2D eigenvalue weighted by Gasteiger charge is 2.50. The predicted molar refractivity (Wildman–Crippen MR) is 318 cm³/mol. The van der Waals surface area contributed by atoms with Gasteiger partial charge in [-0.25, -0.2) is 18.3 Å². The van der Waals surface area contributed by atoms with Gasteiger partial charge in [0.1, 0.15) is 67.1 Å². The molecule has 0 spiro atoms. The molecule has 7 heterocycles. The van der Waals surface area contributed by atoms with E-state index < -0.39 is 136 Å². The number of ether oxygens (including phenoxy) is 7. The average molecular weight is 1430 g/mol. The van der Waals surface area contributed by atoms with Gasteiger partial charge in [-0.2, -0.15) is 0 Å². The molecule has 7 fully saturated rings. The van der Waals surface area contributed by atoms with Crippen molar-refractivity contribution in [3.63, 3.8) is 0 Å². The molecule has 2 N–H and O–H groups in total. The van der Waals surface area contributed by atoms with Crippen LogP contribution in [0.3, 0.4) is 0 Å². The van der Waals surface area contributed by atoms with Crippen molar-refractivity contribution in [2.24, 2.45) is 0 Å². The zero-order valence-corrected chi connectivity index (χ0v) is 58.3. The van der Waals surface area contributed by atoms with Crippen LogP contribution in [0.1, 0.15) is 101 Å². The van der Waals surface area contributed by atoms with Gasteiger partial charge in [-0.1, -0.05) is 7.43 Å². The maximum atomic E-state index is 14.1. The number of hydrogen-bond acceptors (Lipinski definition) is 33. The van der Waals surface area contributed by atoms with Crippen molar-refractivity contribution in [1.29, 1.82) is 0 Å². The molecule has 27 unspecified atom stereocenters. The Bertz CT molecular complexity index is 2460. The molecule has 7 aliphatic heterocycles. The summed E-state index contributed by atoms with van der Waals surface area (Å²) in [5.74, 6) is 0. The highest BCUT2D eigenvalue weighted by Crippen LogP contribution is 2.59. The van der Waals surface area contributed by atoms with E-state index in [0.717, 1.165) is 14.2 Å². The first-order valence-corrected chi connectivity index (χ1v) is 39.8. The van der Waals surface area contributed by atoms with Gasteiger partial charge in [-0.15, -0.1) is 0 Å². The normalized spacial score (nSPS) is 40.2. The van der Waals surface area contributed by atoms with E-state index in [2.05, 4.69) is 0 Å². The summed E-state index contributed by atoms with van der Waals surface area (Å²) in [5, 5.41) is 20.0. The maximum absolute atomic E-state index is 14.1. The van der Waals surface area contributed by atoms with Crippen molar-refractivity contribution in [2.75, 3.05) is 88.9 Å². The minimum atomic E-state index is -4.34. The first kappa shape index (κ1) is 78.1. The summed E-state index contributed by atoms with van der Waals surface area (Å²) in [6, 6.07) is 0. The first-order valence-electron chi connectivity index (χ1n) is 28.8. The molecule has 0 aromatic heterocycles. The monoisotopic (exact) mass is 1430 g/mol. The van der Waals surface area contributed by atoms with E-state index in [1.807, 2.05) is 13.8 Å². The van der Waals surface area contributed by atoms with Crippen LogP contribution in [-0.4, -0.2) is 227 Å². The lowest BCUT2D eigenvalue weighted by Crippen LogP contribution is -2.32. The second-order valence-electron chi connectivity index (χ2n) is 22.2. The van der Waals surface area contributed by atoms with E-state index >= 15 is 0 Å². The Morgan fingerprint density at radius 2 is 0.557 bits per heavy atom. The number of phosphoric acid groups is 4. The van der Waals surface area contributed by atoms with Gasteiger partial charge in [0, 0.05) is 87.6 Å². The molecular formula is C49H94O31P6S2. The number of hydrogen-bond donors (Lipinski definition) is 2. The molecule has 7 aliphatic rings. The summed E-state index contributed by atoms with van der Waals surface area (Å²) < 4.78 is 201. The number of rotatable bonds is 37. The molecule has 39 heteroatoms. The molecule has 0 amide bonds. The lowest BCUT2D eigenvalue weighted by Gasteiger charge is -2.30. The second kappa shape index (κ2) is 34.6. The SMILES string of the molecule is C.COP(=O)(OCC1OC(C)CC1OP(=O)(OC)OCC1OC(C)CC1OP(=S)(OC)OCC1OC(C)CC1OP(=S)(OC)OCC1OC(C)CC1OP(=O)(OC)OCC1OC(C)CC1OP(=O)(OC)OCC1OC(C)CC1O)OC1CC(C)OC1CO. The molecule has 0 radical (unpaired) electrons. The van der Waals surface area contributed by atoms with E-state index in [4.69, 9.17) is 138 Å². The van der Waals surface area contributed by atoms with Crippen LogP contribution in [0.5, 0.6) is 0 Å². The Kier molecular flexibility index (Phi) is 30.7. The van der Waals surface area contributed by atoms with E-state index in [1.54, 1.807) is 34.6 Å². The molecule has 27 atom stereocenters. The zero-order valence-electron chi connectivity index (χ0n) is 51.3. The van der Waals surface area contributed by atoms with E-state index in [-0.39, 0.29) is 110 Å². The second-order valence-corrected chi connectivity index (χ2v) is 35.3. The molecule has 0 bridgehead atoms. The Labute approximate surface area is 527 Å². The Morgan fingerprint density at radius 1 is 0.341 bits per heavy atom. The molecule has 0 aromatic carbocycles. The Balaban J connectivity index is 0.0000124. The standard InChI is InChI=1S/C48H90O31P6S2.CH4/c1-28-14-35(50)43(68-28)22-61-80(51,55-8)75-37-16-30(3)70-45(37)24-63-82(53,57-10)77-39-18-32(5)72-47(39)26-65-84(86,59-12)79-41-20-34(7)73-48(41)27-66-85(87,60-13)78-40-19-33(6)71-46(40)25-64-83(54,58-11)76-38-17-31(4)69-44(38)23-62-81(52,56-9)74-36-15-29(2)67-42(36)21-49;/h28-50H,14-27H2,1-13H3;1H4. The quantitative estimate of drug-likeness (QED) is 0.0551. The number of aliphatic hydroxyl groups is 2. The minimum Gasteiger partial charge on any atom is -0.394 e. The molecular weight excluding hydrogens is 1330 g/mol. The smallest absolute Gasteiger partial charge is 0.394 e. The third-order valence-electron chi connectivity index (χ3n) is 15.2. The topological polar surface area (TPSA) is 339 Å². The average Bonchev–Trinajstić information content (AvgIpc) is 4.51. The Hall–Kier alpha value is 1.14. The van der Waals surface area contributed by atoms with Gasteiger partial charge in [0.15, 0.2) is 0 Å². The highest BCUT2D eigenvalue weighted by molar-refractivity contribution is 8.07. The van der Waals surface area contributed by atoms with Crippen molar-refractivity contribution < 1.29 is 143 Å². The fourth-order valence-electron chi connectivity index (χ4n) is 10.9. The van der Waals surface area contributed by atoms with Crippen LogP contribution >= 0.6 is 44.7 Å². The first-order chi connectivity index (χ1) is 41.0. The molecule has 31 nitrogen and oxygen atoms in total. The van der Waals surface area contributed by atoms with Crippen LogP contribution in [0.25, 0.3) is 0 Å². The highest BCUT2D eigenvalue weighted by atomic mass is 32.5. The maximum Gasteiger partial charge on any atom is 0.474 e. The summed E-state index contributed by atoms with van der Waals surface area (Å²) in [5.41, 5.74) is 0. The lowest BCUT2D eigenvalue weighted by molar-refractivity contribution is -0.0455. The molecule has 88 heavy (non-hydrogen) atoms. The lowest BCUT2D eigenvalue weighted by atomic mass is 10.1. The summed E-state index contributed by atoms with van der Waals surface area (Å²) in [7, 11) is -9.69. The van der Waals surface area contributed by atoms with Gasteiger partial charge in [-0.3, -0.25) is 54.3 Å². The van der Waals surface area contributed by atoms with Crippen LogP contribution < -0.4 is 0 Å². The third kappa shape index (κ3) is 22.1. The predicted octanol–water partition coefficient (Wildman–Crippen LogP) is 8.39. The van der Waals surface area contributed by atoms with Crippen LogP contribution in [0.2, 0.25) is 0 Å². The van der Waals surface area contributed by atoms with Crippen molar-refractivity contribution in [3.05, 3.63) is 0 Å². The summed E-state index contributed by atoms with van der Waals surface area (Å²) in [4.78, 5) is 0. The molecule has 0 aromatic rings. The van der Waals surface area contributed by atoms with Crippen molar-refractivity contribution >= 4 is 68.3 Å². The van der Waals surface area contributed by atoms with E-state index in [0.29, 0.717) is 25.7 Å². The van der Waals surface area contributed by atoms with Crippen LogP contribution in [0.4, 0.5) is 0 Å². The van der Waals surface area contributed by atoms with Gasteiger partial charge in [0.2, 0.25) is 0 Å². The fraction of sp³-hybridized carbons (Fsp3) is 1.00. The summed E-state index contributed by atoms with van der Waals surface area (Å²) in [6.07, 6.45) is -11.6. The molecule has 7 saturated heterocycles. The van der Waals surface area contributed by atoms with Gasteiger partial charge >= 0.3 is 44.7 Å². The minimum absolute atomic E-state index is 0. The summed E-state index contributed by atoms with van der Waals surface area (Å²) in [6.45, 7) is 3.41. The van der Waals surface area contributed by atoms with E-state index in [1.165, 1.54) is 28.4 Å². The van der Waals surface area contributed by atoms with Crippen LogP contribution in [0, 0.1) is 0 Å². The van der Waals surface area contributed by atoms with Crippen LogP contribution in [0.15, 0.2) is 0 Å². The molecule has 518 valence electrons. The summed E-state index contributed by atoms with van der Waals surface area (Å²) >= 11 is 11.7. The molecule has 7 rings (SSSR count). The van der Waals surface area contributed by atoms with E-state index in [9.17, 15) is 28.5 Å². The Morgan fingerprint density at radius 3 is 0.795 bits per heavy atom. The third-order valence-corrected chi connectivity index (χ3v) is 25.9. The van der Waals surface area contributed by atoms with Gasteiger partial charge in [0.25, 0.3) is 0 Å². The zero-order chi connectivity index (χ0) is 63.7. The van der Waals surface area contributed by atoms with Crippen molar-refractivity contribution in [1.82, 2.24) is 0 Å². The van der Waals surface area contributed by atoms with Crippen molar-refractivity contribution in [2.45, 2.75) is 229 Å². The van der Waals surface area contributed by atoms with Gasteiger partial charge < -0.3 is 70.5 Å².